The van der Waals surface area contributed by atoms with Gasteiger partial charge < -0.3 is 0 Å². The maximum Gasteiger partial charge on any atom is 0.0976 e. The first kappa shape index (κ1) is 25.8. The van der Waals surface area contributed by atoms with E-state index in [-0.39, 0.29) is 26.5 Å². The zero-order valence-corrected chi connectivity index (χ0v) is 24.3. The van der Waals surface area contributed by atoms with E-state index in [1.165, 1.54) is 49.4 Å². The molecule has 186 valence electrons. The van der Waals surface area contributed by atoms with Gasteiger partial charge in [0.1, 0.15) is 0 Å². The molecule has 5 rings (SSSR count). The van der Waals surface area contributed by atoms with Gasteiger partial charge in [-0.3, -0.25) is 0 Å². The van der Waals surface area contributed by atoms with Gasteiger partial charge in [-0.05, 0) is 104 Å². The molecule has 0 saturated heterocycles. The van der Waals surface area contributed by atoms with Crippen LogP contribution in [0.4, 0.5) is 0 Å². The van der Waals surface area contributed by atoms with E-state index in [0.29, 0.717) is 0 Å². The minimum atomic E-state index is -1.09. The zero-order chi connectivity index (χ0) is 24.4. The van der Waals surface area contributed by atoms with Crippen molar-refractivity contribution in [2.24, 2.45) is 23.2 Å². The lowest BCUT2D eigenvalue weighted by Crippen LogP contribution is -2.54. The summed E-state index contributed by atoms with van der Waals surface area (Å²) in [6.45, 7) is 20.8. The molecule has 2 atom stereocenters. The second-order valence-corrected chi connectivity index (χ2v) is 20.3. The lowest BCUT2D eigenvalue weighted by molar-refractivity contribution is -0.0705. The average Bonchev–Trinajstić information content (AvgIpc) is 2.62. The van der Waals surface area contributed by atoms with Crippen molar-refractivity contribution in [2.45, 2.75) is 122 Å². The molecule has 0 aromatic heterocycles. The molecule has 1 N–H and O–H groups in total. The maximum atomic E-state index is 13.6. The van der Waals surface area contributed by atoms with Crippen LogP contribution < -0.4 is 10.0 Å². The standard InChI is InChI=1S/C29H48NOPS/c1-26(2,3)32(27(4,5)6)24-13-11-10-12-23(24)25(30-33(31)28(7,8)9)29-17-20-14-21(18-29)16-22(15-20)19-29/h10-13,20-22,25,30H,14-19H2,1-9H3/t20?,21?,22?,25-,29?,33?/m1/s1. The highest BCUT2D eigenvalue weighted by Gasteiger charge is 2.55. The smallest absolute Gasteiger partial charge is 0.0976 e. The molecular weight excluding hydrogens is 441 g/mol. The molecule has 2 nitrogen and oxygen atoms in total. The van der Waals surface area contributed by atoms with E-state index in [2.05, 4.69) is 91.3 Å². The van der Waals surface area contributed by atoms with Crippen LogP contribution in [0.2, 0.25) is 0 Å². The van der Waals surface area contributed by atoms with Crippen LogP contribution in [0.15, 0.2) is 24.3 Å². The normalized spacial score (nSPS) is 31.8. The van der Waals surface area contributed by atoms with Crippen LogP contribution in [-0.4, -0.2) is 19.3 Å². The monoisotopic (exact) mass is 489 g/mol. The highest BCUT2D eigenvalue weighted by molar-refractivity contribution is 7.84. The van der Waals surface area contributed by atoms with Crippen LogP contribution in [0, 0.1) is 23.2 Å². The number of benzene rings is 1. The van der Waals surface area contributed by atoms with Crippen molar-refractivity contribution >= 4 is 24.2 Å². The zero-order valence-electron chi connectivity index (χ0n) is 22.6. The molecular formula is C29H48NOPS. The molecule has 0 spiro atoms. The molecule has 0 aliphatic heterocycles. The Morgan fingerprint density at radius 1 is 0.848 bits per heavy atom. The van der Waals surface area contributed by atoms with E-state index in [9.17, 15) is 4.21 Å². The molecule has 4 fully saturated rings. The van der Waals surface area contributed by atoms with Gasteiger partial charge in [-0.25, -0.2) is 8.93 Å². The van der Waals surface area contributed by atoms with E-state index >= 15 is 0 Å². The van der Waals surface area contributed by atoms with E-state index in [1.807, 2.05) is 0 Å². The summed E-state index contributed by atoms with van der Waals surface area (Å²) in [6, 6.07) is 9.44. The molecule has 1 aromatic carbocycles. The summed E-state index contributed by atoms with van der Waals surface area (Å²) in [7, 11) is -1.51. The van der Waals surface area contributed by atoms with Crippen molar-refractivity contribution in [3.05, 3.63) is 29.8 Å². The highest BCUT2D eigenvalue weighted by Crippen LogP contribution is 2.65. The minimum absolute atomic E-state index is 0.178. The van der Waals surface area contributed by atoms with Gasteiger partial charge in [-0.1, -0.05) is 73.7 Å². The molecule has 4 bridgehead atoms. The Bertz CT molecular complexity index is 839. The molecule has 0 radical (unpaired) electrons. The van der Waals surface area contributed by atoms with Crippen molar-refractivity contribution in [1.82, 2.24) is 4.72 Å². The van der Waals surface area contributed by atoms with Crippen LogP contribution in [0.5, 0.6) is 0 Å². The van der Waals surface area contributed by atoms with Gasteiger partial charge in [-0.2, -0.15) is 0 Å². The van der Waals surface area contributed by atoms with Gasteiger partial charge in [0.2, 0.25) is 0 Å². The van der Waals surface area contributed by atoms with Crippen molar-refractivity contribution in [1.29, 1.82) is 0 Å². The first-order chi connectivity index (χ1) is 15.1. The van der Waals surface area contributed by atoms with Crippen molar-refractivity contribution in [3.8, 4) is 0 Å². The van der Waals surface area contributed by atoms with E-state index in [0.717, 1.165) is 17.8 Å². The van der Waals surface area contributed by atoms with E-state index in [1.54, 1.807) is 0 Å². The first-order valence-corrected chi connectivity index (χ1v) is 15.7. The Kier molecular flexibility index (Phi) is 6.82. The fraction of sp³-hybridized carbons (Fsp3) is 0.793. The van der Waals surface area contributed by atoms with Crippen LogP contribution in [0.25, 0.3) is 0 Å². The first-order valence-electron chi connectivity index (χ1n) is 13.2. The van der Waals surface area contributed by atoms with Gasteiger partial charge in [0.15, 0.2) is 0 Å². The fourth-order valence-corrected chi connectivity index (χ4v) is 13.1. The third-order valence-electron chi connectivity index (χ3n) is 8.31. The van der Waals surface area contributed by atoms with E-state index < -0.39 is 18.9 Å². The Morgan fingerprint density at radius 3 is 1.73 bits per heavy atom. The molecule has 4 heteroatoms. The number of hydrogen-bond donors (Lipinski definition) is 1. The third-order valence-corrected chi connectivity index (χ3v) is 13.4. The largest absolute Gasteiger partial charge is 0.242 e. The summed E-state index contributed by atoms with van der Waals surface area (Å²) in [6.07, 6.45) is 8.26. The van der Waals surface area contributed by atoms with Crippen molar-refractivity contribution < 1.29 is 4.21 Å². The van der Waals surface area contributed by atoms with Crippen molar-refractivity contribution in [3.63, 3.8) is 0 Å². The SMILES string of the molecule is CC(C)(C)P(c1ccccc1[C@@H](NS(=O)C(C)(C)C)C12CC3CC(CC(C3)C1)C2)C(C)(C)C. The molecule has 0 amide bonds. The second kappa shape index (κ2) is 8.70. The summed E-state index contributed by atoms with van der Waals surface area (Å²) in [5.41, 5.74) is 1.70. The van der Waals surface area contributed by atoms with Gasteiger partial charge in [-0.15, -0.1) is 0 Å². The number of rotatable bonds is 5. The lowest BCUT2D eigenvalue weighted by atomic mass is 9.47. The molecule has 4 aliphatic carbocycles. The van der Waals surface area contributed by atoms with Gasteiger partial charge >= 0.3 is 0 Å². The van der Waals surface area contributed by atoms with E-state index in [4.69, 9.17) is 0 Å². The lowest BCUT2D eigenvalue weighted by Gasteiger charge is -2.60. The molecule has 1 aromatic rings. The summed E-state index contributed by atoms with van der Waals surface area (Å²) in [5.74, 6) is 2.63. The molecule has 4 saturated carbocycles. The predicted octanol–water partition coefficient (Wildman–Crippen LogP) is 7.70. The van der Waals surface area contributed by atoms with Crippen LogP contribution >= 0.6 is 7.92 Å². The molecule has 33 heavy (non-hydrogen) atoms. The summed E-state index contributed by atoms with van der Waals surface area (Å²) in [4.78, 5) is 0. The maximum absolute atomic E-state index is 13.6. The average molecular weight is 490 g/mol. The summed E-state index contributed by atoms with van der Waals surface area (Å²) >= 11 is 0. The van der Waals surface area contributed by atoms with Crippen molar-refractivity contribution in [2.75, 3.05) is 0 Å². The van der Waals surface area contributed by atoms with Crippen LogP contribution in [0.3, 0.4) is 0 Å². The minimum Gasteiger partial charge on any atom is -0.242 e. The summed E-state index contributed by atoms with van der Waals surface area (Å²) < 4.78 is 17.2. The Balaban J connectivity index is 1.85. The second-order valence-electron chi connectivity index (χ2n) is 14.4. The Labute approximate surface area is 207 Å². The topological polar surface area (TPSA) is 29.1 Å². The predicted molar refractivity (Wildman–Crippen MR) is 147 cm³/mol. The van der Waals surface area contributed by atoms with Gasteiger partial charge in [0, 0.05) is 0 Å². The van der Waals surface area contributed by atoms with Crippen LogP contribution in [-0.2, 0) is 11.0 Å². The van der Waals surface area contributed by atoms with Gasteiger partial charge in [0.05, 0.1) is 21.8 Å². The number of nitrogens with one attached hydrogen (secondary N) is 1. The number of hydrogen-bond acceptors (Lipinski definition) is 1. The third kappa shape index (κ3) is 5.17. The molecule has 4 aliphatic rings. The molecule has 1 unspecified atom stereocenters. The van der Waals surface area contributed by atoms with Gasteiger partial charge in [0.25, 0.3) is 0 Å². The highest BCUT2D eigenvalue weighted by atomic mass is 32.2. The quantitative estimate of drug-likeness (QED) is 0.422. The van der Waals surface area contributed by atoms with Crippen LogP contribution in [0.1, 0.15) is 112 Å². The summed E-state index contributed by atoms with van der Waals surface area (Å²) in [5, 5.41) is 1.95. The Morgan fingerprint density at radius 2 is 1.30 bits per heavy atom. The fourth-order valence-electron chi connectivity index (χ4n) is 8.00. The Hall–Kier alpha value is -0.240. The molecule has 0 heterocycles.